The van der Waals surface area contributed by atoms with Crippen molar-refractivity contribution in [1.29, 1.82) is 5.26 Å². The Hall–Kier alpha value is -3.31. The first-order valence-electron chi connectivity index (χ1n) is 8.80. The van der Waals surface area contributed by atoms with Gasteiger partial charge in [-0.1, -0.05) is 23.9 Å². The van der Waals surface area contributed by atoms with Gasteiger partial charge < -0.3 is 10.5 Å². The van der Waals surface area contributed by atoms with Gasteiger partial charge in [0.25, 0.3) is 0 Å². The predicted molar refractivity (Wildman–Crippen MR) is 106 cm³/mol. The fraction of sp³-hybridized carbons (Fsp3) is 0.190. The molecule has 0 bridgehead atoms. The minimum atomic E-state index is -0.784. The Balaban J connectivity index is 1.80. The molecule has 0 saturated carbocycles. The lowest BCUT2D eigenvalue weighted by atomic mass is 9.79. The van der Waals surface area contributed by atoms with Gasteiger partial charge in [-0.05, 0) is 42.0 Å². The minimum absolute atomic E-state index is 0.233. The third-order valence-corrected chi connectivity index (χ3v) is 6.39. The van der Waals surface area contributed by atoms with Crippen molar-refractivity contribution in [3.8, 4) is 11.8 Å². The SMILES string of the molecule is COc1ccc(C2C(C#N)=C(N)SC3C(=O)N(c4ccc(F)cc4)C(=O)C32)cc1. The van der Waals surface area contributed by atoms with Gasteiger partial charge in [-0.3, -0.25) is 9.59 Å². The monoisotopic (exact) mass is 409 g/mol. The Kier molecular flexibility index (Phi) is 4.76. The number of nitriles is 1. The summed E-state index contributed by atoms with van der Waals surface area (Å²) in [7, 11) is 1.54. The molecule has 0 aromatic heterocycles. The maximum absolute atomic E-state index is 13.3. The van der Waals surface area contributed by atoms with Crippen LogP contribution in [-0.2, 0) is 9.59 Å². The van der Waals surface area contributed by atoms with Crippen molar-refractivity contribution >= 4 is 29.3 Å². The second-order valence-electron chi connectivity index (χ2n) is 6.69. The molecule has 2 aromatic carbocycles. The lowest BCUT2D eigenvalue weighted by molar-refractivity contribution is -0.122. The minimum Gasteiger partial charge on any atom is -0.497 e. The molecule has 2 aliphatic heterocycles. The van der Waals surface area contributed by atoms with Crippen LogP contribution >= 0.6 is 11.8 Å². The number of anilines is 1. The number of nitrogens with two attached hydrogens (primary N) is 1. The molecule has 8 heteroatoms. The molecule has 4 rings (SSSR count). The fourth-order valence-corrected chi connectivity index (χ4v) is 5.00. The summed E-state index contributed by atoms with van der Waals surface area (Å²) in [6, 6.07) is 14.3. The van der Waals surface area contributed by atoms with E-state index in [9.17, 15) is 19.2 Å². The molecule has 1 saturated heterocycles. The summed E-state index contributed by atoms with van der Waals surface area (Å²) < 4.78 is 18.5. The zero-order chi connectivity index (χ0) is 20.7. The molecule has 29 heavy (non-hydrogen) atoms. The zero-order valence-electron chi connectivity index (χ0n) is 15.3. The van der Waals surface area contributed by atoms with Crippen LogP contribution in [0.4, 0.5) is 10.1 Å². The van der Waals surface area contributed by atoms with Gasteiger partial charge in [-0.15, -0.1) is 0 Å². The first kappa shape index (κ1) is 19.0. The number of methoxy groups -OCH3 is 1. The van der Waals surface area contributed by atoms with Crippen molar-refractivity contribution in [3.63, 3.8) is 0 Å². The maximum atomic E-state index is 13.3. The summed E-state index contributed by atoms with van der Waals surface area (Å²) in [5.41, 5.74) is 7.36. The van der Waals surface area contributed by atoms with Gasteiger partial charge in [0.05, 0.1) is 35.4 Å². The van der Waals surface area contributed by atoms with E-state index in [4.69, 9.17) is 10.5 Å². The van der Waals surface area contributed by atoms with Crippen molar-refractivity contribution in [2.45, 2.75) is 11.2 Å². The van der Waals surface area contributed by atoms with Crippen molar-refractivity contribution < 1.29 is 18.7 Å². The Morgan fingerprint density at radius 2 is 1.76 bits per heavy atom. The van der Waals surface area contributed by atoms with Crippen LogP contribution in [0.1, 0.15) is 11.5 Å². The number of halogens is 1. The molecule has 1 fully saturated rings. The first-order valence-corrected chi connectivity index (χ1v) is 9.68. The molecule has 3 atom stereocenters. The molecule has 0 spiro atoms. The standard InChI is InChI=1S/C21H16FN3O3S/c1-28-14-8-2-11(3-9-14)16-15(10-23)19(24)29-18-17(16)20(26)25(21(18)27)13-6-4-12(22)5-7-13/h2-9,16-18H,24H2,1H3. The van der Waals surface area contributed by atoms with Crippen molar-refractivity contribution in [2.75, 3.05) is 12.0 Å². The van der Waals surface area contributed by atoms with Crippen LogP contribution in [0.2, 0.25) is 0 Å². The summed E-state index contributed by atoms with van der Waals surface area (Å²) in [6.07, 6.45) is 0. The van der Waals surface area contributed by atoms with E-state index in [-0.39, 0.29) is 10.6 Å². The second-order valence-corrected chi connectivity index (χ2v) is 7.88. The number of imide groups is 1. The normalized spacial score (nSPS) is 23.8. The molecule has 0 aliphatic carbocycles. The van der Waals surface area contributed by atoms with Gasteiger partial charge in [0, 0.05) is 5.92 Å². The zero-order valence-corrected chi connectivity index (χ0v) is 16.2. The van der Waals surface area contributed by atoms with Gasteiger partial charge in [-0.25, -0.2) is 9.29 Å². The number of hydrogen-bond donors (Lipinski definition) is 1. The van der Waals surface area contributed by atoms with E-state index in [1.165, 1.54) is 24.3 Å². The van der Waals surface area contributed by atoms with Crippen LogP contribution in [0.5, 0.6) is 5.75 Å². The lowest BCUT2D eigenvalue weighted by Gasteiger charge is -2.30. The van der Waals surface area contributed by atoms with Crippen LogP contribution in [0.15, 0.2) is 59.1 Å². The Morgan fingerprint density at radius 1 is 1.10 bits per heavy atom. The number of hydrogen-bond acceptors (Lipinski definition) is 6. The Labute approximate surface area is 170 Å². The molecule has 0 radical (unpaired) electrons. The summed E-state index contributed by atoms with van der Waals surface area (Å²) >= 11 is 1.03. The van der Waals surface area contributed by atoms with Crippen LogP contribution in [0.25, 0.3) is 0 Å². The highest BCUT2D eigenvalue weighted by Gasteiger charge is 2.56. The van der Waals surface area contributed by atoms with Crippen LogP contribution in [0.3, 0.4) is 0 Å². The summed E-state index contributed by atoms with van der Waals surface area (Å²) in [5.74, 6) is -2.12. The molecule has 2 heterocycles. The van der Waals surface area contributed by atoms with E-state index in [2.05, 4.69) is 6.07 Å². The van der Waals surface area contributed by atoms with E-state index < -0.39 is 34.7 Å². The molecule has 2 amide bonds. The largest absolute Gasteiger partial charge is 0.497 e. The van der Waals surface area contributed by atoms with Gasteiger partial charge >= 0.3 is 0 Å². The highest BCUT2D eigenvalue weighted by atomic mass is 32.2. The molecule has 2 aliphatic rings. The molecule has 2 N–H and O–H groups in total. The van der Waals surface area contributed by atoms with Crippen molar-refractivity contribution in [1.82, 2.24) is 0 Å². The van der Waals surface area contributed by atoms with Gasteiger partial charge in [-0.2, -0.15) is 5.26 Å². The number of carbonyl (C=O) groups excluding carboxylic acids is 2. The Morgan fingerprint density at radius 3 is 2.34 bits per heavy atom. The molecular weight excluding hydrogens is 393 g/mol. The van der Waals surface area contributed by atoms with E-state index in [1.807, 2.05) is 0 Å². The first-order chi connectivity index (χ1) is 14.0. The number of allylic oxidation sites excluding steroid dienone is 1. The summed E-state index contributed by atoms with van der Waals surface area (Å²) in [4.78, 5) is 27.4. The van der Waals surface area contributed by atoms with Crippen LogP contribution in [-0.4, -0.2) is 24.2 Å². The third kappa shape index (κ3) is 3.04. The van der Waals surface area contributed by atoms with Crippen LogP contribution < -0.4 is 15.4 Å². The molecule has 2 aromatic rings. The molecule has 146 valence electrons. The second kappa shape index (κ2) is 7.26. The number of carbonyl (C=O) groups is 2. The van der Waals surface area contributed by atoms with Crippen molar-refractivity contribution in [2.24, 2.45) is 11.7 Å². The van der Waals surface area contributed by atoms with Crippen LogP contribution in [0, 0.1) is 23.1 Å². The van der Waals surface area contributed by atoms with Gasteiger partial charge in [0.2, 0.25) is 11.8 Å². The quantitative estimate of drug-likeness (QED) is 0.783. The van der Waals surface area contributed by atoms with Gasteiger partial charge in [0.1, 0.15) is 16.8 Å². The number of amides is 2. The number of thioether (sulfide) groups is 1. The topological polar surface area (TPSA) is 96.4 Å². The number of rotatable bonds is 3. The van der Waals surface area contributed by atoms with E-state index in [0.29, 0.717) is 17.0 Å². The molecule has 3 unspecified atom stereocenters. The van der Waals surface area contributed by atoms with Gasteiger partial charge in [0.15, 0.2) is 0 Å². The number of nitrogens with zero attached hydrogens (tertiary/aromatic N) is 2. The molecule has 6 nitrogen and oxygen atoms in total. The number of ether oxygens (including phenoxy) is 1. The summed E-state index contributed by atoms with van der Waals surface area (Å²) in [5, 5.41) is 9.18. The smallest absolute Gasteiger partial charge is 0.248 e. The summed E-state index contributed by atoms with van der Waals surface area (Å²) in [6.45, 7) is 0. The maximum Gasteiger partial charge on any atom is 0.248 e. The molecular formula is C21H16FN3O3S. The Bertz CT molecular complexity index is 1060. The lowest BCUT2D eigenvalue weighted by Crippen LogP contribution is -2.33. The average Bonchev–Trinajstić information content (AvgIpc) is 2.97. The third-order valence-electron chi connectivity index (χ3n) is 5.17. The fourth-order valence-electron chi connectivity index (χ4n) is 3.80. The highest BCUT2D eigenvalue weighted by molar-refractivity contribution is 8.04. The highest BCUT2D eigenvalue weighted by Crippen LogP contribution is 2.50. The predicted octanol–water partition coefficient (Wildman–Crippen LogP) is 2.92. The number of fused-ring (bicyclic) bond motifs is 1. The van der Waals surface area contributed by atoms with E-state index in [0.717, 1.165) is 16.7 Å². The average molecular weight is 409 g/mol. The van der Waals surface area contributed by atoms with E-state index in [1.54, 1.807) is 31.4 Å². The van der Waals surface area contributed by atoms with E-state index >= 15 is 0 Å². The van der Waals surface area contributed by atoms with Crippen molar-refractivity contribution in [3.05, 3.63) is 70.5 Å². The number of benzene rings is 2.